The summed E-state index contributed by atoms with van der Waals surface area (Å²) in [7, 11) is 0. The molecule has 0 saturated carbocycles. The maximum absolute atomic E-state index is 9.97. The molecule has 1 aliphatic carbocycles. The van der Waals surface area contributed by atoms with Gasteiger partial charge in [-0.2, -0.15) is 0 Å². The normalized spacial score (nSPS) is 21.7. The van der Waals surface area contributed by atoms with Crippen LogP contribution in [-0.4, -0.2) is 31.3 Å². The highest BCUT2D eigenvalue weighted by Gasteiger charge is 2.32. The fraction of sp³-hybridized carbons (Fsp3) is 0.308. The van der Waals surface area contributed by atoms with Gasteiger partial charge in [0, 0.05) is 37.8 Å². The van der Waals surface area contributed by atoms with Gasteiger partial charge in [-0.25, -0.2) is 0 Å². The highest BCUT2D eigenvalue weighted by Crippen LogP contribution is 2.45. The average Bonchev–Trinajstić information content (AvgIpc) is 2.77. The Morgan fingerprint density at radius 2 is 1.86 bits per heavy atom. The van der Waals surface area contributed by atoms with Crippen molar-refractivity contribution in [2.75, 3.05) is 31.1 Å². The third kappa shape index (κ3) is 4.15. The van der Waals surface area contributed by atoms with E-state index in [2.05, 4.69) is 59.8 Å². The number of aromatic hydroxyl groups is 1. The van der Waals surface area contributed by atoms with Gasteiger partial charge in [-0.05, 0) is 59.7 Å². The van der Waals surface area contributed by atoms with Gasteiger partial charge in [-0.1, -0.05) is 55.2 Å². The van der Waals surface area contributed by atoms with Crippen molar-refractivity contribution in [2.24, 2.45) is 5.92 Å². The zero-order valence-corrected chi connectivity index (χ0v) is 17.0. The highest BCUT2D eigenvalue weighted by atomic mass is 16.3. The summed E-state index contributed by atoms with van der Waals surface area (Å²) in [4.78, 5) is 2.44. The molecule has 0 aromatic heterocycles. The van der Waals surface area contributed by atoms with Crippen molar-refractivity contribution in [1.82, 2.24) is 5.32 Å². The van der Waals surface area contributed by atoms with Gasteiger partial charge in [0.05, 0.1) is 0 Å². The fourth-order valence-corrected chi connectivity index (χ4v) is 4.75. The topological polar surface area (TPSA) is 35.5 Å². The van der Waals surface area contributed by atoms with Crippen molar-refractivity contribution < 1.29 is 5.11 Å². The Bertz CT molecular complexity index is 907. The third-order valence-electron chi connectivity index (χ3n) is 6.25. The van der Waals surface area contributed by atoms with Gasteiger partial charge in [0.15, 0.2) is 0 Å². The number of anilines is 1. The van der Waals surface area contributed by atoms with Crippen LogP contribution in [0.15, 0.2) is 79.4 Å². The van der Waals surface area contributed by atoms with Crippen LogP contribution in [0.2, 0.25) is 0 Å². The molecule has 2 atom stereocenters. The van der Waals surface area contributed by atoms with Crippen molar-refractivity contribution in [1.29, 1.82) is 0 Å². The molecular formula is C26H30N2O. The monoisotopic (exact) mass is 386 g/mol. The molecule has 1 aliphatic heterocycles. The van der Waals surface area contributed by atoms with E-state index in [0.717, 1.165) is 44.6 Å². The number of hydrogen-bond acceptors (Lipinski definition) is 3. The number of aryl methyl sites for hydroxylation is 1. The first-order chi connectivity index (χ1) is 14.2. The van der Waals surface area contributed by atoms with Crippen molar-refractivity contribution >= 4 is 5.69 Å². The Kier molecular flexibility index (Phi) is 5.86. The molecule has 29 heavy (non-hydrogen) atoms. The molecule has 2 aliphatic rings. The predicted molar refractivity (Wildman–Crippen MR) is 122 cm³/mol. The van der Waals surface area contributed by atoms with Gasteiger partial charge in [0.2, 0.25) is 0 Å². The van der Waals surface area contributed by atoms with Crippen molar-refractivity contribution in [3.8, 4) is 5.75 Å². The number of piperazine rings is 1. The van der Waals surface area contributed by atoms with Crippen molar-refractivity contribution in [2.45, 2.75) is 18.8 Å². The van der Waals surface area contributed by atoms with Crippen LogP contribution in [0, 0.1) is 5.92 Å². The van der Waals surface area contributed by atoms with E-state index in [4.69, 9.17) is 0 Å². The summed E-state index contributed by atoms with van der Waals surface area (Å²) < 4.78 is 0. The molecule has 2 aromatic rings. The quantitative estimate of drug-likeness (QED) is 0.725. The molecule has 0 spiro atoms. The molecule has 2 aromatic carbocycles. The molecule has 0 amide bonds. The summed E-state index contributed by atoms with van der Waals surface area (Å²) in [6.07, 6.45) is 7.85. The maximum Gasteiger partial charge on any atom is 0.115 e. The highest BCUT2D eigenvalue weighted by molar-refractivity contribution is 5.52. The number of phenolic OH excluding ortho intramolecular Hbond substituents is 1. The Hall–Kier alpha value is -2.78. The van der Waals surface area contributed by atoms with E-state index < -0.39 is 0 Å². The van der Waals surface area contributed by atoms with Gasteiger partial charge >= 0.3 is 0 Å². The van der Waals surface area contributed by atoms with Gasteiger partial charge in [0.25, 0.3) is 0 Å². The SMILES string of the molecule is C=C/C=C\C(=C)[C@H]1CCc2cc(O)ccc2[C@H]1c1ccc(N2CCNCC2)cc1. The van der Waals surface area contributed by atoms with Gasteiger partial charge in [-0.3, -0.25) is 0 Å². The Balaban J connectivity index is 1.69. The summed E-state index contributed by atoms with van der Waals surface area (Å²) >= 11 is 0. The van der Waals surface area contributed by atoms with Crippen molar-refractivity contribution in [3.63, 3.8) is 0 Å². The molecule has 0 radical (unpaired) electrons. The number of nitrogens with zero attached hydrogens (tertiary/aromatic N) is 1. The van der Waals surface area contributed by atoms with Crippen LogP contribution in [-0.2, 0) is 6.42 Å². The molecule has 1 saturated heterocycles. The minimum atomic E-state index is 0.249. The van der Waals surface area contributed by atoms with Crippen LogP contribution >= 0.6 is 0 Å². The van der Waals surface area contributed by atoms with Gasteiger partial charge in [-0.15, -0.1) is 0 Å². The lowest BCUT2D eigenvalue weighted by molar-refractivity contribution is 0.459. The second-order valence-electron chi connectivity index (χ2n) is 8.00. The zero-order chi connectivity index (χ0) is 20.2. The number of nitrogens with one attached hydrogen (secondary N) is 1. The number of benzene rings is 2. The van der Waals surface area contributed by atoms with Gasteiger partial charge < -0.3 is 15.3 Å². The molecule has 0 unspecified atom stereocenters. The molecule has 3 heteroatoms. The van der Waals surface area contributed by atoms with E-state index in [0.29, 0.717) is 11.7 Å². The molecule has 1 fully saturated rings. The number of hydrogen-bond donors (Lipinski definition) is 2. The summed E-state index contributed by atoms with van der Waals surface area (Å²) in [5.74, 6) is 0.937. The molecule has 3 nitrogen and oxygen atoms in total. The minimum absolute atomic E-state index is 0.249. The predicted octanol–water partition coefficient (Wildman–Crippen LogP) is 4.79. The smallest absolute Gasteiger partial charge is 0.115 e. The van der Waals surface area contributed by atoms with E-state index in [1.807, 2.05) is 18.2 Å². The second-order valence-corrected chi connectivity index (χ2v) is 8.00. The largest absolute Gasteiger partial charge is 0.508 e. The van der Waals surface area contributed by atoms with E-state index in [9.17, 15) is 5.11 Å². The van der Waals surface area contributed by atoms with Crippen molar-refractivity contribution in [3.05, 3.63) is 96.1 Å². The van der Waals surface area contributed by atoms with E-state index in [1.54, 1.807) is 6.08 Å². The Labute approximate surface area is 174 Å². The molecule has 0 bridgehead atoms. The van der Waals surface area contributed by atoms with E-state index >= 15 is 0 Å². The zero-order valence-electron chi connectivity index (χ0n) is 17.0. The van der Waals surface area contributed by atoms with Gasteiger partial charge in [0.1, 0.15) is 5.75 Å². The van der Waals surface area contributed by atoms with Crippen LogP contribution in [0.25, 0.3) is 0 Å². The minimum Gasteiger partial charge on any atom is -0.508 e. The lowest BCUT2D eigenvalue weighted by Gasteiger charge is -2.35. The Morgan fingerprint density at radius 1 is 1.10 bits per heavy atom. The van der Waals surface area contributed by atoms with Crippen LogP contribution in [0.5, 0.6) is 5.75 Å². The van der Waals surface area contributed by atoms with Crippen LogP contribution in [0.4, 0.5) is 5.69 Å². The third-order valence-corrected chi connectivity index (χ3v) is 6.25. The first-order valence-electron chi connectivity index (χ1n) is 10.5. The second kappa shape index (κ2) is 8.71. The lowest BCUT2D eigenvalue weighted by Crippen LogP contribution is -2.43. The molecule has 4 rings (SSSR count). The summed E-state index contributed by atoms with van der Waals surface area (Å²) in [5, 5.41) is 13.4. The molecule has 2 N–H and O–H groups in total. The molecule has 150 valence electrons. The van der Waals surface area contributed by atoms with Crippen LogP contribution in [0.1, 0.15) is 29.0 Å². The number of allylic oxidation sites excluding steroid dienone is 4. The fourth-order valence-electron chi connectivity index (χ4n) is 4.75. The average molecular weight is 387 g/mol. The lowest BCUT2D eigenvalue weighted by atomic mass is 9.69. The molecular weight excluding hydrogens is 356 g/mol. The van der Waals surface area contributed by atoms with E-state index in [-0.39, 0.29) is 5.92 Å². The first-order valence-corrected chi connectivity index (χ1v) is 10.5. The van der Waals surface area contributed by atoms with E-state index in [1.165, 1.54) is 22.4 Å². The molecule has 1 heterocycles. The maximum atomic E-state index is 9.97. The standard InChI is InChI=1S/C26H30N2O/c1-3-4-5-19(2)24-12-8-21-18-23(29)11-13-25(21)26(24)20-6-9-22(10-7-20)28-16-14-27-15-17-28/h3-7,9-11,13,18,24,26-27,29H,1-2,8,12,14-17H2/b5-4-/t24-,26+/m1/s1. The Morgan fingerprint density at radius 3 is 2.59 bits per heavy atom. The summed E-state index contributed by atoms with van der Waals surface area (Å²) in [6.45, 7) is 12.3. The number of rotatable bonds is 5. The van der Waals surface area contributed by atoms with Crippen LogP contribution in [0.3, 0.4) is 0 Å². The summed E-state index contributed by atoms with van der Waals surface area (Å²) in [6, 6.07) is 14.9. The van der Waals surface area contributed by atoms with Crippen LogP contribution < -0.4 is 10.2 Å². The first kappa shape index (κ1) is 19.5. The summed E-state index contributed by atoms with van der Waals surface area (Å²) in [5.41, 5.74) is 6.30. The number of fused-ring (bicyclic) bond motifs is 1. The number of phenols is 1.